The monoisotopic (exact) mass is 490 g/mol. The molecule has 4 rings (SSSR count). The summed E-state index contributed by atoms with van der Waals surface area (Å²) in [6.07, 6.45) is 1.83. The van der Waals surface area contributed by atoms with E-state index in [-0.39, 0.29) is 17.9 Å². The van der Waals surface area contributed by atoms with Gasteiger partial charge in [0.2, 0.25) is 15.8 Å². The first-order chi connectivity index (χ1) is 15.7. The Bertz CT molecular complexity index is 1470. The topological polar surface area (TPSA) is 105 Å². The molecule has 0 amide bonds. The lowest BCUT2D eigenvalue weighted by Crippen LogP contribution is -2.19. The minimum atomic E-state index is -3.98. The van der Waals surface area contributed by atoms with Gasteiger partial charge in [0.1, 0.15) is 17.2 Å². The van der Waals surface area contributed by atoms with Crippen molar-refractivity contribution in [2.75, 3.05) is 10.5 Å². The van der Waals surface area contributed by atoms with Crippen LogP contribution in [0.4, 0.5) is 14.5 Å². The fraction of sp³-hybridized carbons (Fsp3) is 0.136. The Kier molecular flexibility index (Phi) is 6.13. The first kappa shape index (κ1) is 22.8. The Morgan fingerprint density at radius 2 is 1.85 bits per heavy atom. The Hall–Kier alpha value is -3.37. The maximum atomic E-state index is 15.1. The molecule has 0 radical (unpaired) electrons. The molecule has 2 aromatic carbocycles. The fourth-order valence-corrected chi connectivity index (χ4v) is 4.56. The second-order valence-corrected chi connectivity index (χ2v) is 9.51. The molecule has 2 aromatic heterocycles. The van der Waals surface area contributed by atoms with Crippen LogP contribution in [0.1, 0.15) is 29.4 Å². The molecule has 0 fully saturated rings. The Morgan fingerprint density at radius 1 is 1.12 bits per heavy atom. The molecular formula is C22H17ClF2N4O3S. The quantitative estimate of drug-likeness (QED) is 0.357. The molecule has 0 saturated carbocycles. The smallest absolute Gasteiger partial charge is 0.232 e. The molecule has 11 heteroatoms. The van der Waals surface area contributed by atoms with Crippen molar-refractivity contribution >= 4 is 44.1 Å². The van der Waals surface area contributed by atoms with Gasteiger partial charge in [0.05, 0.1) is 16.7 Å². The van der Waals surface area contributed by atoms with Crippen molar-refractivity contribution in [3.8, 4) is 11.1 Å². The number of benzene rings is 2. The number of fused-ring (bicyclic) bond motifs is 1. The van der Waals surface area contributed by atoms with Gasteiger partial charge in [-0.3, -0.25) is 14.6 Å². The maximum Gasteiger partial charge on any atom is 0.232 e. The van der Waals surface area contributed by atoms with Crippen molar-refractivity contribution in [2.45, 2.75) is 13.3 Å². The van der Waals surface area contributed by atoms with E-state index in [2.05, 4.69) is 15.2 Å². The highest BCUT2D eigenvalue weighted by atomic mass is 35.5. The number of nitrogens with one attached hydrogen (secondary N) is 2. The standard InChI is InChI=1S/C22H17ClF2N4O3S/c1-2-9-33(31,32)29-20-17(24)8-7-15(18(20)25)21(30)19-16-10-13(11-26-22(16)28-27-19)12-3-5-14(23)6-4-12/h3-8,10-11,29H,2,9H2,1H3,(H,26,27,28). The van der Waals surface area contributed by atoms with Gasteiger partial charge in [0.15, 0.2) is 11.5 Å². The molecule has 2 N–H and O–H groups in total. The third-order valence-corrected chi connectivity index (χ3v) is 6.59. The summed E-state index contributed by atoms with van der Waals surface area (Å²) in [4.78, 5) is 17.4. The highest BCUT2D eigenvalue weighted by Gasteiger charge is 2.25. The van der Waals surface area contributed by atoms with Gasteiger partial charge in [-0.05, 0) is 42.3 Å². The first-order valence-electron chi connectivity index (χ1n) is 9.83. The van der Waals surface area contributed by atoms with Crippen LogP contribution in [0.2, 0.25) is 5.02 Å². The van der Waals surface area contributed by atoms with E-state index in [1.165, 1.54) is 0 Å². The lowest BCUT2D eigenvalue weighted by Gasteiger charge is -2.11. The summed E-state index contributed by atoms with van der Waals surface area (Å²) in [6, 6.07) is 10.4. The van der Waals surface area contributed by atoms with Crippen LogP contribution in [0.25, 0.3) is 22.2 Å². The van der Waals surface area contributed by atoms with Crippen molar-refractivity contribution in [3.05, 3.63) is 76.6 Å². The largest absolute Gasteiger partial charge is 0.287 e. The molecule has 2 heterocycles. The minimum Gasteiger partial charge on any atom is -0.287 e. The normalized spacial score (nSPS) is 11.6. The van der Waals surface area contributed by atoms with Crippen molar-refractivity contribution in [2.24, 2.45) is 0 Å². The molecule has 0 saturated heterocycles. The molecule has 0 atom stereocenters. The van der Waals surface area contributed by atoms with E-state index in [4.69, 9.17) is 11.6 Å². The van der Waals surface area contributed by atoms with Crippen LogP contribution in [-0.2, 0) is 10.0 Å². The molecule has 0 unspecified atom stereocenters. The highest BCUT2D eigenvalue weighted by molar-refractivity contribution is 7.92. The number of aromatic amines is 1. The molecule has 7 nitrogen and oxygen atoms in total. The fourth-order valence-electron chi connectivity index (χ4n) is 3.30. The first-order valence-corrected chi connectivity index (χ1v) is 11.9. The molecule has 0 aliphatic heterocycles. The number of aromatic nitrogens is 3. The zero-order valence-corrected chi connectivity index (χ0v) is 18.8. The summed E-state index contributed by atoms with van der Waals surface area (Å²) < 4.78 is 55.2. The zero-order valence-electron chi connectivity index (χ0n) is 17.2. The Labute approximate surface area is 192 Å². The summed E-state index contributed by atoms with van der Waals surface area (Å²) in [5, 5.41) is 7.46. The van der Waals surface area contributed by atoms with E-state index in [0.29, 0.717) is 21.6 Å². The van der Waals surface area contributed by atoms with Crippen LogP contribution in [-0.4, -0.2) is 35.1 Å². The molecule has 170 valence electrons. The Balaban J connectivity index is 1.77. The summed E-state index contributed by atoms with van der Waals surface area (Å²) in [5.41, 5.74) is 0.171. The summed E-state index contributed by atoms with van der Waals surface area (Å²) in [5.74, 6) is -3.64. The molecule has 4 aromatic rings. The number of ketones is 1. The van der Waals surface area contributed by atoms with Crippen molar-refractivity contribution in [1.82, 2.24) is 15.2 Å². The predicted octanol–water partition coefficient (Wildman–Crippen LogP) is 4.94. The number of carbonyl (C=O) groups excluding carboxylic acids is 1. The number of pyridine rings is 1. The average molecular weight is 491 g/mol. The number of rotatable bonds is 7. The summed E-state index contributed by atoms with van der Waals surface area (Å²) >= 11 is 5.93. The van der Waals surface area contributed by atoms with Gasteiger partial charge in [0.25, 0.3) is 0 Å². The second kappa shape index (κ2) is 8.87. The van der Waals surface area contributed by atoms with Crippen LogP contribution in [0.5, 0.6) is 0 Å². The van der Waals surface area contributed by atoms with Crippen LogP contribution in [0, 0.1) is 11.6 Å². The molecule has 0 aliphatic carbocycles. The van der Waals surface area contributed by atoms with Gasteiger partial charge < -0.3 is 0 Å². The van der Waals surface area contributed by atoms with Crippen molar-refractivity contribution in [1.29, 1.82) is 0 Å². The lowest BCUT2D eigenvalue weighted by atomic mass is 10.0. The number of carbonyl (C=O) groups is 1. The molecule has 0 bridgehead atoms. The zero-order chi connectivity index (χ0) is 23.8. The molecule has 0 spiro atoms. The van der Waals surface area contributed by atoms with Crippen LogP contribution >= 0.6 is 11.6 Å². The molecular weight excluding hydrogens is 474 g/mol. The van der Waals surface area contributed by atoms with E-state index in [9.17, 15) is 17.6 Å². The van der Waals surface area contributed by atoms with Crippen molar-refractivity contribution in [3.63, 3.8) is 0 Å². The van der Waals surface area contributed by atoms with E-state index >= 15 is 4.39 Å². The van der Waals surface area contributed by atoms with Crippen molar-refractivity contribution < 1.29 is 22.0 Å². The van der Waals surface area contributed by atoms with Crippen LogP contribution in [0.15, 0.2) is 48.7 Å². The lowest BCUT2D eigenvalue weighted by molar-refractivity contribution is 0.103. The van der Waals surface area contributed by atoms with E-state index < -0.39 is 38.7 Å². The minimum absolute atomic E-state index is 0.138. The van der Waals surface area contributed by atoms with E-state index in [1.807, 2.05) is 4.72 Å². The number of hydrogen-bond acceptors (Lipinski definition) is 5. The summed E-state index contributed by atoms with van der Waals surface area (Å²) in [6.45, 7) is 1.61. The third-order valence-electron chi connectivity index (χ3n) is 4.88. The number of anilines is 1. The number of hydrogen-bond donors (Lipinski definition) is 2. The average Bonchev–Trinajstić information content (AvgIpc) is 3.20. The van der Waals surface area contributed by atoms with Gasteiger partial charge in [-0.2, -0.15) is 5.10 Å². The second-order valence-electron chi connectivity index (χ2n) is 7.23. The highest BCUT2D eigenvalue weighted by Crippen LogP contribution is 2.29. The maximum absolute atomic E-state index is 15.1. The van der Waals surface area contributed by atoms with Gasteiger partial charge in [-0.15, -0.1) is 0 Å². The molecule has 0 aliphatic rings. The number of nitrogens with zero attached hydrogens (tertiary/aromatic N) is 2. The Morgan fingerprint density at radius 3 is 2.55 bits per heavy atom. The van der Waals surface area contributed by atoms with Gasteiger partial charge in [0, 0.05) is 16.8 Å². The van der Waals surface area contributed by atoms with E-state index in [1.54, 1.807) is 43.5 Å². The SMILES string of the molecule is CCCS(=O)(=O)Nc1c(F)ccc(C(=O)c2n[nH]c3ncc(-c4ccc(Cl)cc4)cc23)c1F. The van der Waals surface area contributed by atoms with Crippen LogP contribution < -0.4 is 4.72 Å². The molecule has 33 heavy (non-hydrogen) atoms. The number of halogens is 3. The van der Waals surface area contributed by atoms with Crippen LogP contribution in [0.3, 0.4) is 0 Å². The van der Waals surface area contributed by atoms with Gasteiger partial charge in [-0.25, -0.2) is 22.2 Å². The summed E-state index contributed by atoms with van der Waals surface area (Å²) in [7, 11) is -3.98. The van der Waals surface area contributed by atoms with Gasteiger partial charge in [-0.1, -0.05) is 30.7 Å². The number of H-pyrrole nitrogens is 1. The third kappa shape index (κ3) is 4.57. The predicted molar refractivity (Wildman–Crippen MR) is 122 cm³/mol. The van der Waals surface area contributed by atoms with Gasteiger partial charge >= 0.3 is 0 Å². The van der Waals surface area contributed by atoms with E-state index in [0.717, 1.165) is 17.7 Å². The number of sulfonamides is 1.